The highest BCUT2D eigenvalue weighted by Gasteiger charge is 2.15. The number of imidazole rings is 1. The smallest absolute Gasteiger partial charge is 0.239 e. The predicted octanol–water partition coefficient (Wildman–Crippen LogP) is 2.65. The molecule has 0 unspecified atom stereocenters. The lowest BCUT2D eigenvalue weighted by Crippen LogP contribution is -2.12. The standard InChI is InChI=1S/C15H14ClN3O2S/c16-11-8-12-13(9-14(11)22(17,20)21)19-15(18-12)7-6-10-4-2-1-3-5-10/h1-5,8-9H,6-7H2,(H,18,19)(H2,17,20,21). The minimum absolute atomic E-state index is 0.0797. The normalized spacial score (nSPS) is 11.9. The van der Waals surface area contributed by atoms with Crippen molar-refractivity contribution < 1.29 is 8.42 Å². The molecule has 0 amide bonds. The number of nitrogens with two attached hydrogens (primary N) is 1. The number of benzene rings is 2. The van der Waals surface area contributed by atoms with Crippen LogP contribution in [0.15, 0.2) is 47.4 Å². The number of primary sulfonamides is 1. The van der Waals surface area contributed by atoms with Gasteiger partial charge in [0, 0.05) is 6.42 Å². The van der Waals surface area contributed by atoms with Crippen LogP contribution in [0.1, 0.15) is 11.4 Å². The summed E-state index contributed by atoms with van der Waals surface area (Å²) >= 11 is 5.96. The fourth-order valence-electron chi connectivity index (χ4n) is 2.31. The molecule has 1 heterocycles. The van der Waals surface area contributed by atoms with Crippen LogP contribution in [-0.2, 0) is 22.9 Å². The molecule has 2 aromatic carbocycles. The van der Waals surface area contributed by atoms with E-state index < -0.39 is 10.0 Å². The zero-order valence-electron chi connectivity index (χ0n) is 11.6. The zero-order chi connectivity index (χ0) is 15.7. The fraction of sp³-hybridized carbons (Fsp3) is 0.133. The van der Waals surface area contributed by atoms with Gasteiger partial charge in [-0.05, 0) is 24.1 Å². The quantitative estimate of drug-likeness (QED) is 0.768. The third-order valence-corrected chi connectivity index (χ3v) is 4.76. The third-order valence-electron chi connectivity index (χ3n) is 3.38. The van der Waals surface area contributed by atoms with Crippen molar-refractivity contribution in [3.05, 3.63) is 58.9 Å². The summed E-state index contributed by atoms with van der Waals surface area (Å²) in [6, 6.07) is 13.0. The van der Waals surface area contributed by atoms with Gasteiger partial charge in [-0.3, -0.25) is 0 Å². The van der Waals surface area contributed by atoms with E-state index in [2.05, 4.69) is 22.1 Å². The van der Waals surface area contributed by atoms with Crippen molar-refractivity contribution in [3.63, 3.8) is 0 Å². The number of fused-ring (bicyclic) bond motifs is 1. The van der Waals surface area contributed by atoms with Crippen LogP contribution in [0.3, 0.4) is 0 Å². The number of nitrogens with zero attached hydrogens (tertiary/aromatic N) is 1. The summed E-state index contributed by atoms with van der Waals surface area (Å²) in [7, 11) is -3.85. The van der Waals surface area contributed by atoms with Gasteiger partial charge in [0.15, 0.2) is 0 Å². The molecular weight excluding hydrogens is 322 g/mol. The molecule has 0 spiro atoms. The average Bonchev–Trinajstić information content (AvgIpc) is 2.86. The van der Waals surface area contributed by atoms with Crippen molar-refractivity contribution in [3.8, 4) is 0 Å². The number of hydrogen-bond donors (Lipinski definition) is 2. The summed E-state index contributed by atoms with van der Waals surface area (Å²) in [6.07, 6.45) is 1.57. The van der Waals surface area contributed by atoms with Crippen LogP contribution < -0.4 is 5.14 Å². The lowest BCUT2D eigenvalue weighted by Gasteiger charge is -2.00. The first kappa shape index (κ1) is 15.0. The molecule has 0 aliphatic rings. The molecule has 22 heavy (non-hydrogen) atoms. The molecule has 0 saturated heterocycles. The fourth-order valence-corrected chi connectivity index (χ4v) is 3.40. The summed E-state index contributed by atoms with van der Waals surface area (Å²) in [5.74, 6) is 0.779. The Balaban J connectivity index is 1.90. The first-order valence-corrected chi connectivity index (χ1v) is 8.61. The van der Waals surface area contributed by atoms with Gasteiger partial charge < -0.3 is 4.98 Å². The Bertz CT molecular complexity index is 921. The van der Waals surface area contributed by atoms with E-state index in [1.165, 1.54) is 17.7 Å². The Morgan fingerprint density at radius 2 is 1.86 bits per heavy atom. The maximum Gasteiger partial charge on any atom is 0.239 e. The van der Waals surface area contributed by atoms with E-state index in [9.17, 15) is 8.42 Å². The number of aromatic nitrogens is 2. The number of rotatable bonds is 4. The molecule has 0 bridgehead atoms. The lowest BCUT2D eigenvalue weighted by molar-refractivity contribution is 0.598. The molecule has 3 aromatic rings. The number of halogens is 1. The van der Waals surface area contributed by atoms with Crippen LogP contribution in [0.25, 0.3) is 11.0 Å². The molecule has 0 atom stereocenters. The van der Waals surface area contributed by atoms with Crippen molar-refractivity contribution >= 4 is 32.7 Å². The minimum atomic E-state index is -3.85. The van der Waals surface area contributed by atoms with Crippen molar-refractivity contribution in [1.29, 1.82) is 0 Å². The monoisotopic (exact) mass is 335 g/mol. The van der Waals surface area contributed by atoms with Gasteiger partial charge in [-0.1, -0.05) is 41.9 Å². The second-order valence-corrected chi connectivity index (χ2v) is 6.95. The average molecular weight is 336 g/mol. The highest BCUT2D eigenvalue weighted by atomic mass is 35.5. The zero-order valence-corrected chi connectivity index (χ0v) is 13.2. The van der Waals surface area contributed by atoms with Crippen molar-refractivity contribution in [2.75, 3.05) is 0 Å². The molecule has 5 nitrogen and oxygen atoms in total. The van der Waals surface area contributed by atoms with Crippen LogP contribution in [0, 0.1) is 0 Å². The van der Waals surface area contributed by atoms with Crippen molar-refractivity contribution in [1.82, 2.24) is 9.97 Å². The van der Waals surface area contributed by atoms with Crippen LogP contribution in [-0.4, -0.2) is 18.4 Å². The maximum atomic E-state index is 11.5. The van der Waals surface area contributed by atoms with Gasteiger partial charge in [-0.15, -0.1) is 0 Å². The molecule has 1 aromatic heterocycles. The molecule has 7 heteroatoms. The van der Waals surface area contributed by atoms with E-state index in [0.29, 0.717) is 11.0 Å². The number of H-pyrrole nitrogens is 1. The number of hydrogen-bond acceptors (Lipinski definition) is 3. The predicted molar refractivity (Wildman–Crippen MR) is 86.3 cm³/mol. The Morgan fingerprint density at radius 3 is 2.55 bits per heavy atom. The van der Waals surface area contributed by atoms with Crippen LogP contribution >= 0.6 is 11.6 Å². The number of aryl methyl sites for hydroxylation is 2. The maximum absolute atomic E-state index is 11.5. The van der Waals surface area contributed by atoms with E-state index in [-0.39, 0.29) is 9.92 Å². The van der Waals surface area contributed by atoms with Gasteiger partial charge in [0.25, 0.3) is 0 Å². The largest absolute Gasteiger partial charge is 0.342 e. The van der Waals surface area contributed by atoms with Gasteiger partial charge in [0.05, 0.1) is 16.1 Å². The van der Waals surface area contributed by atoms with Gasteiger partial charge in [0.2, 0.25) is 10.0 Å². The van der Waals surface area contributed by atoms with Gasteiger partial charge >= 0.3 is 0 Å². The summed E-state index contributed by atoms with van der Waals surface area (Å²) < 4.78 is 22.9. The van der Waals surface area contributed by atoms with E-state index >= 15 is 0 Å². The summed E-state index contributed by atoms with van der Waals surface area (Å²) in [5.41, 5.74) is 2.45. The van der Waals surface area contributed by atoms with E-state index in [4.69, 9.17) is 16.7 Å². The van der Waals surface area contributed by atoms with E-state index in [0.717, 1.165) is 18.7 Å². The number of sulfonamides is 1. The Labute approximate surface area is 133 Å². The van der Waals surface area contributed by atoms with Crippen molar-refractivity contribution in [2.24, 2.45) is 5.14 Å². The molecule has 3 rings (SSSR count). The molecule has 3 N–H and O–H groups in total. The van der Waals surface area contributed by atoms with Crippen molar-refractivity contribution in [2.45, 2.75) is 17.7 Å². The summed E-state index contributed by atoms with van der Waals surface area (Å²) in [4.78, 5) is 7.45. The molecule has 0 aliphatic carbocycles. The molecule has 0 aliphatic heterocycles. The molecular formula is C15H14ClN3O2S. The van der Waals surface area contributed by atoms with Gasteiger partial charge in [0.1, 0.15) is 10.7 Å². The molecule has 0 saturated carbocycles. The minimum Gasteiger partial charge on any atom is -0.342 e. The second kappa shape index (κ2) is 5.72. The molecule has 0 fully saturated rings. The highest BCUT2D eigenvalue weighted by molar-refractivity contribution is 7.89. The Morgan fingerprint density at radius 1 is 1.14 bits per heavy atom. The SMILES string of the molecule is NS(=O)(=O)c1cc2[nH]c(CCc3ccccc3)nc2cc1Cl. The van der Waals surface area contributed by atoms with Crippen LogP contribution in [0.2, 0.25) is 5.02 Å². The first-order valence-electron chi connectivity index (χ1n) is 6.68. The lowest BCUT2D eigenvalue weighted by atomic mass is 10.1. The second-order valence-electron chi connectivity index (χ2n) is 5.01. The third kappa shape index (κ3) is 3.14. The Kier molecular flexibility index (Phi) is 3.90. The van der Waals surface area contributed by atoms with Gasteiger partial charge in [-0.2, -0.15) is 0 Å². The van der Waals surface area contributed by atoms with E-state index in [1.54, 1.807) is 0 Å². The van der Waals surface area contributed by atoms with E-state index in [1.807, 2.05) is 18.2 Å². The summed E-state index contributed by atoms with van der Waals surface area (Å²) in [6.45, 7) is 0. The molecule has 0 radical (unpaired) electrons. The molecule has 114 valence electrons. The number of aromatic amines is 1. The Hall–Kier alpha value is -1.89. The van der Waals surface area contributed by atoms with Gasteiger partial charge in [-0.25, -0.2) is 18.5 Å². The highest BCUT2D eigenvalue weighted by Crippen LogP contribution is 2.25. The van der Waals surface area contributed by atoms with Crippen LogP contribution in [0.5, 0.6) is 0 Å². The van der Waals surface area contributed by atoms with Crippen LogP contribution in [0.4, 0.5) is 0 Å². The summed E-state index contributed by atoms with van der Waals surface area (Å²) in [5, 5.41) is 5.22. The number of nitrogens with one attached hydrogen (secondary N) is 1. The topological polar surface area (TPSA) is 88.8 Å². The first-order chi connectivity index (χ1) is 10.4.